The van der Waals surface area contributed by atoms with E-state index >= 15 is 0 Å². The summed E-state index contributed by atoms with van der Waals surface area (Å²) >= 11 is 0. The molecule has 0 saturated heterocycles. The number of hydrogen-bond donors (Lipinski definition) is 2. The second-order valence-electron chi connectivity index (χ2n) is 5.79. The van der Waals surface area contributed by atoms with E-state index in [4.69, 9.17) is 4.74 Å². The van der Waals surface area contributed by atoms with Gasteiger partial charge >= 0.3 is 5.97 Å². The van der Waals surface area contributed by atoms with Gasteiger partial charge in [-0.2, -0.15) is 0 Å². The number of aromatic carboxylic acids is 1. The van der Waals surface area contributed by atoms with Crippen LogP contribution in [0.1, 0.15) is 23.0 Å². The van der Waals surface area contributed by atoms with Crippen molar-refractivity contribution in [3.63, 3.8) is 0 Å². The van der Waals surface area contributed by atoms with Crippen LogP contribution in [-0.2, 0) is 6.42 Å². The van der Waals surface area contributed by atoms with Gasteiger partial charge in [-0.3, -0.25) is 0 Å². The van der Waals surface area contributed by atoms with Crippen molar-refractivity contribution in [1.82, 2.24) is 4.98 Å². The van der Waals surface area contributed by atoms with Crippen LogP contribution < -0.4 is 4.74 Å². The lowest BCUT2D eigenvalue weighted by Crippen LogP contribution is -2.35. The predicted molar refractivity (Wildman–Crippen MR) is 80.9 cm³/mol. The quantitative estimate of drug-likeness (QED) is 0.901. The van der Waals surface area contributed by atoms with Gasteiger partial charge in [0.05, 0.1) is 6.61 Å². The van der Waals surface area contributed by atoms with Crippen LogP contribution in [0.3, 0.4) is 0 Å². The molecule has 0 fully saturated rings. The molecule has 3 rings (SSSR count). The van der Waals surface area contributed by atoms with E-state index < -0.39 is 23.7 Å². The van der Waals surface area contributed by atoms with Crippen LogP contribution in [-0.4, -0.2) is 33.9 Å². The Morgan fingerprint density at radius 2 is 2.08 bits per heavy atom. The van der Waals surface area contributed by atoms with Crippen LogP contribution >= 0.6 is 0 Å². The highest BCUT2D eigenvalue weighted by Gasteiger charge is 2.31. The van der Waals surface area contributed by atoms with Crippen molar-refractivity contribution < 1.29 is 28.5 Å². The number of fused-ring (bicyclic) bond motifs is 1. The molecule has 2 heterocycles. The molecule has 2 N–H and O–H groups in total. The van der Waals surface area contributed by atoms with E-state index in [1.807, 2.05) is 6.92 Å². The van der Waals surface area contributed by atoms with E-state index in [2.05, 4.69) is 4.98 Å². The Kier molecular flexibility index (Phi) is 4.19. The zero-order valence-corrected chi connectivity index (χ0v) is 12.8. The van der Waals surface area contributed by atoms with E-state index in [1.54, 1.807) is 0 Å². The minimum absolute atomic E-state index is 0.0609. The van der Waals surface area contributed by atoms with E-state index in [0.29, 0.717) is 17.5 Å². The molecule has 0 aliphatic carbocycles. The molecule has 1 aliphatic heterocycles. The zero-order valence-electron chi connectivity index (χ0n) is 12.8. The van der Waals surface area contributed by atoms with Crippen molar-refractivity contribution in [1.29, 1.82) is 0 Å². The third-order valence-electron chi connectivity index (χ3n) is 4.13. The van der Waals surface area contributed by atoms with Crippen LogP contribution in [0.15, 0.2) is 24.3 Å². The summed E-state index contributed by atoms with van der Waals surface area (Å²) in [5.41, 5.74) is 0.621. The first-order valence-corrected chi connectivity index (χ1v) is 7.41. The van der Waals surface area contributed by atoms with Crippen molar-refractivity contribution in [2.45, 2.75) is 19.4 Å². The standard InChI is InChI=1S/C17H15F2NO4/c1-8-4-12-11(10-3-2-9(18)5-13(10)19)6-14(17(22)23)20-16(12)24-15(8)7-21/h2-3,5-6,8,15,21H,4,7H2,1H3,(H,22,23)/t8-,15+/m1/s1. The topological polar surface area (TPSA) is 79.7 Å². The van der Waals surface area contributed by atoms with Gasteiger partial charge in [-0.25, -0.2) is 18.6 Å². The number of pyridine rings is 1. The summed E-state index contributed by atoms with van der Waals surface area (Å²) < 4.78 is 32.9. The molecule has 2 atom stereocenters. The SMILES string of the molecule is C[C@@H]1Cc2c(-c3ccc(F)cc3F)cc(C(=O)O)nc2O[C@H]1CO. The first kappa shape index (κ1) is 16.3. The van der Waals surface area contributed by atoms with Gasteiger partial charge in [0.15, 0.2) is 5.69 Å². The molecule has 1 aromatic carbocycles. The Morgan fingerprint density at radius 1 is 1.33 bits per heavy atom. The molecule has 0 radical (unpaired) electrons. The summed E-state index contributed by atoms with van der Waals surface area (Å²) in [6, 6.07) is 4.36. The maximum Gasteiger partial charge on any atom is 0.354 e. The number of aromatic nitrogens is 1. The fourth-order valence-corrected chi connectivity index (χ4v) is 2.83. The molecule has 126 valence electrons. The second kappa shape index (κ2) is 6.16. The lowest BCUT2D eigenvalue weighted by molar-refractivity contribution is 0.0551. The summed E-state index contributed by atoms with van der Waals surface area (Å²) in [5.74, 6) is -2.81. The fourth-order valence-electron chi connectivity index (χ4n) is 2.83. The molecule has 0 amide bonds. The molecule has 7 heteroatoms. The molecule has 24 heavy (non-hydrogen) atoms. The van der Waals surface area contributed by atoms with Crippen LogP contribution in [0, 0.1) is 17.6 Å². The van der Waals surface area contributed by atoms with E-state index in [-0.39, 0.29) is 29.7 Å². The Labute approximate surface area is 136 Å². The Bertz CT molecular complexity index is 809. The minimum atomic E-state index is -1.29. The molecule has 5 nitrogen and oxygen atoms in total. The largest absolute Gasteiger partial charge is 0.477 e. The molecule has 0 bridgehead atoms. The van der Waals surface area contributed by atoms with E-state index in [9.17, 15) is 23.8 Å². The molecule has 1 aromatic heterocycles. The number of aliphatic hydroxyl groups is 1. The molecule has 2 aromatic rings. The Hall–Kier alpha value is -2.54. The van der Waals surface area contributed by atoms with Crippen LogP contribution in [0.5, 0.6) is 5.88 Å². The summed E-state index contributed by atoms with van der Waals surface area (Å²) in [6.07, 6.45) is -0.0838. The van der Waals surface area contributed by atoms with Crippen LogP contribution in [0.2, 0.25) is 0 Å². The average molecular weight is 335 g/mol. The van der Waals surface area contributed by atoms with Crippen LogP contribution in [0.25, 0.3) is 11.1 Å². The minimum Gasteiger partial charge on any atom is -0.477 e. The number of carboxylic acid groups (broad SMARTS) is 1. The number of carbonyl (C=O) groups is 1. The first-order chi connectivity index (χ1) is 11.4. The van der Waals surface area contributed by atoms with Gasteiger partial charge in [-0.1, -0.05) is 6.92 Å². The molecular weight excluding hydrogens is 320 g/mol. The molecular formula is C17H15F2NO4. The van der Waals surface area contributed by atoms with Crippen molar-refractivity contribution in [3.05, 3.63) is 47.2 Å². The summed E-state index contributed by atoms with van der Waals surface area (Å²) in [6.45, 7) is 1.62. The average Bonchev–Trinajstić information content (AvgIpc) is 2.53. The summed E-state index contributed by atoms with van der Waals surface area (Å²) in [5, 5.41) is 18.6. The van der Waals surface area contributed by atoms with Crippen molar-refractivity contribution in [2.24, 2.45) is 5.92 Å². The molecule has 1 aliphatic rings. The number of hydrogen-bond acceptors (Lipinski definition) is 4. The summed E-state index contributed by atoms with van der Waals surface area (Å²) in [7, 11) is 0. The first-order valence-electron chi connectivity index (χ1n) is 7.41. The number of carboxylic acids is 1. The van der Waals surface area contributed by atoms with Gasteiger partial charge in [0.2, 0.25) is 5.88 Å². The highest BCUT2D eigenvalue weighted by atomic mass is 19.1. The van der Waals surface area contributed by atoms with E-state index in [0.717, 1.165) is 12.1 Å². The molecule has 0 saturated carbocycles. The highest BCUT2D eigenvalue weighted by Crippen LogP contribution is 2.38. The predicted octanol–water partition coefficient (Wildman–Crippen LogP) is 2.66. The number of nitrogens with zero attached hydrogens (tertiary/aromatic N) is 1. The zero-order chi connectivity index (χ0) is 17.4. The van der Waals surface area contributed by atoms with Crippen molar-refractivity contribution >= 4 is 5.97 Å². The van der Waals surface area contributed by atoms with Crippen molar-refractivity contribution in [3.8, 4) is 17.0 Å². The Balaban J connectivity index is 2.21. The van der Waals surface area contributed by atoms with E-state index in [1.165, 1.54) is 12.1 Å². The molecule has 0 spiro atoms. The normalized spacial score (nSPS) is 19.5. The highest BCUT2D eigenvalue weighted by molar-refractivity contribution is 5.88. The van der Waals surface area contributed by atoms with Gasteiger partial charge in [-0.05, 0) is 36.1 Å². The van der Waals surface area contributed by atoms with Gasteiger partial charge < -0.3 is 14.9 Å². The fraction of sp³-hybridized carbons (Fsp3) is 0.294. The number of halogens is 2. The van der Waals surface area contributed by atoms with Gasteiger partial charge in [0.1, 0.15) is 17.7 Å². The van der Waals surface area contributed by atoms with Crippen molar-refractivity contribution in [2.75, 3.05) is 6.61 Å². The lowest BCUT2D eigenvalue weighted by Gasteiger charge is -2.31. The monoisotopic (exact) mass is 335 g/mol. The number of rotatable bonds is 3. The summed E-state index contributed by atoms with van der Waals surface area (Å²) in [4.78, 5) is 15.3. The number of aliphatic hydroxyl groups excluding tert-OH is 1. The molecule has 0 unspecified atom stereocenters. The lowest BCUT2D eigenvalue weighted by atomic mass is 9.88. The Morgan fingerprint density at radius 3 is 2.71 bits per heavy atom. The second-order valence-corrected chi connectivity index (χ2v) is 5.79. The number of benzene rings is 1. The third kappa shape index (κ3) is 2.82. The third-order valence-corrected chi connectivity index (χ3v) is 4.13. The van der Waals surface area contributed by atoms with Gasteiger partial charge in [-0.15, -0.1) is 0 Å². The van der Waals surface area contributed by atoms with Gasteiger partial charge in [0, 0.05) is 17.2 Å². The number of ether oxygens (including phenoxy) is 1. The smallest absolute Gasteiger partial charge is 0.354 e. The maximum absolute atomic E-state index is 14.2. The van der Waals surface area contributed by atoms with Gasteiger partial charge in [0.25, 0.3) is 0 Å². The maximum atomic E-state index is 14.2. The van der Waals surface area contributed by atoms with Crippen LogP contribution in [0.4, 0.5) is 8.78 Å².